The summed E-state index contributed by atoms with van der Waals surface area (Å²) in [7, 11) is 0. The molecule has 2 aliphatic heterocycles. The maximum atomic E-state index is 13.2. The fourth-order valence-corrected chi connectivity index (χ4v) is 6.75. The van der Waals surface area contributed by atoms with E-state index in [-0.39, 0.29) is 41.5 Å². The van der Waals surface area contributed by atoms with E-state index in [1.165, 1.54) is 4.80 Å². The zero-order chi connectivity index (χ0) is 36.0. The minimum absolute atomic E-state index is 0.0355. The molecule has 2 fully saturated rings. The molecule has 2 aromatic heterocycles. The van der Waals surface area contributed by atoms with Crippen molar-refractivity contribution in [2.45, 2.75) is 63.1 Å². The largest absolute Gasteiger partial charge is 0.490 e. The van der Waals surface area contributed by atoms with Crippen molar-refractivity contribution in [2.75, 3.05) is 5.32 Å². The summed E-state index contributed by atoms with van der Waals surface area (Å²) in [6, 6.07) is 20.3. The van der Waals surface area contributed by atoms with Gasteiger partial charge in [-0.3, -0.25) is 29.4 Å². The van der Waals surface area contributed by atoms with Crippen molar-refractivity contribution in [3.8, 4) is 23.2 Å². The van der Waals surface area contributed by atoms with Crippen LogP contribution in [0.2, 0.25) is 0 Å². The number of benzene rings is 3. The van der Waals surface area contributed by atoms with Crippen molar-refractivity contribution in [1.82, 2.24) is 35.2 Å². The van der Waals surface area contributed by atoms with Gasteiger partial charge in [-0.15, -0.1) is 4.80 Å². The Balaban J connectivity index is 0.831. The average molecular weight is 699 g/mol. The molecule has 1 atom stereocenters. The fourth-order valence-electron chi connectivity index (χ4n) is 6.75. The van der Waals surface area contributed by atoms with E-state index in [0.717, 1.165) is 34.6 Å². The molecule has 14 heteroatoms. The first-order valence-corrected chi connectivity index (χ1v) is 17.0. The molecule has 262 valence electrons. The van der Waals surface area contributed by atoms with Gasteiger partial charge in [0.2, 0.25) is 11.8 Å². The Morgan fingerprint density at radius 3 is 2.08 bits per heavy atom. The van der Waals surface area contributed by atoms with Crippen LogP contribution in [0.15, 0.2) is 91.5 Å². The smallest absolute Gasteiger partial charge is 0.268 e. The summed E-state index contributed by atoms with van der Waals surface area (Å²) < 4.78 is 12.2. The van der Waals surface area contributed by atoms with Gasteiger partial charge in [0.05, 0.1) is 35.9 Å². The number of carbonyl (C=O) groups excluding carboxylic acids is 4. The third-order valence-electron chi connectivity index (χ3n) is 9.81. The summed E-state index contributed by atoms with van der Waals surface area (Å²) in [5.41, 5.74) is 3.21. The van der Waals surface area contributed by atoms with Crippen molar-refractivity contribution >= 4 is 29.3 Å². The van der Waals surface area contributed by atoms with Crippen LogP contribution in [-0.4, -0.2) is 71.7 Å². The molecule has 52 heavy (non-hydrogen) atoms. The maximum absolute atomic E-state index is 13.2. The number of fused-ring (bicyclic) bond motifs is 1. The first kappa shape index (κ1) is 32.7. The van der Waals surface area contributed by atoms with Crippen LogP contribution < -0.4 is 20.1 Å². The van der Waals surface area contributed by atoms with Crippen LogP contribution in [0.5, 0.6) is 17.2 Å². The molecule has 3 aromatic carbocycles. The molecule has 1 saturated heterocycles. The molecule has 8 rings (SSSR count). The molecule has 0 bridgehead atoms. The van der Waals surface area contributed by atoms with E-state index in [0.29, 0.717) is 23.1 Å². The van der Waals surface area contributed by atoms with Gasteiger partial charge in [-0.05, 0) is 60.0 Å². The lowest BCUT2D eigenvalue weighted by molar-refractivity contribution is -0.136. The topological polar surface area (TPSA) is 171 Å². The Labute approximate surface area is 298 Å². The normalized spacial score (nSPS) is 19.9. The zero-order valence-corrected chi connectivity index (χ0v) is 28.4. The van der Waals surface area contributed by atoms with Crippen LogP contribution in [0.25, 0.3) is 5.95 Å². The summed E-state index contributed by atoms with van der Waals surface area (Å²) in [4.78, 5) is 60.9. The Morgan fingerprint density at radius 2 is 1.42 bits per heavy atom. The quantitative estimate of drug-likeness (QED) is 0.196. The zero-order valence-electron chi connectivity index (χ0n) is 28.4. The molecule has 1 saturated carbocycles. The summed E-state index contributed by atoms with van der Waals surface area (Å²) in [6.07, 6.45) is 8.05. The third-order valence-corrected chi connectivity index (χ3v) is 9.81. The van der Waals surface area contributed by atoms with Crippen molar-refractivity contribution < 1.29 is 28.7 Å². The van der Waals surface area contributed by atoms with Gasteiger partial charge in [0.1, 0.15) is 23.6 Å². The van der Waals surface area contributed by atoms with E-state index in [4.69, 9.17) is 9.47 Å². The molecule has 0 spiro atoms. The van der Waals surface area contributed by atoms with Crippen LogP contribution in [0.4, 0.5) is 5.69 Å². The van der Waals surface area contributed by atoms with E-state index in [1.807, 2.05) is 36.4 Å². The van der Waals surface area contributed by atoms with E-state index in [9.17, 15) is 19.2 Å². The summed E-state index contributed by atoms with van der Waals surface area (Å²) >= 11 is 0. The van der Waals surface area contributed by atoms with Gasteiger partial charge in [-0.25, -0.2) is 9.97 Å². The van der Waals surface area contributed by atoms with Crippen LogP contribution >= 0.6 is 0 Å². The van der Waals surface area contributed by atoms with Crippen LogP contribution in [0.1, 0.15) is 71.4 Å². The van der Waals surface area contributed by atoms with E-state index >= 15 is 0 Å². The van der Waals surface area contributed by atoms with Crippen molar-refractivity contribution in [3.05, 3.63) is 114 Å². The van der Waals surface area contributed by atoms with Gasteiger partial charge in [0, 0.05) is 36.4 Å². The predicted molar refractivity (Wildman–Crippen MR) is 186 cm³/mol. The van der Waals surface area contributed by atoms with Gasteiger partial charge < -0.3 is 14.8 Å². The second kappa shape index (κ2) is 13.0. The minimum atomic E-state index is -0.989. The Morgan fingerprint density at radius 1 is 0.788 bits per heavy atom. The fraction of sp³-hybridized carbons (Fsp3) is 0.263. The molecular formula is C38H34N8O6. The predicted octanol–water partition coefficient (Wildman–Crippen LogP) is 4.60. The molecule has 2 N–H and O–H groups in total. The highest BCUT2D eigenvalue weighted by atomic mass is 16.5. The first-order chi connectivity index (χ1) is 25.1. The summed E-state index contributed by atoms with van der Waals surface area (Å²) in [5.74, 6) is 0.246. The number of carbonyl (C=O) groups is 4. The molecule has 5 aromatic rings. The van der Waals surface area contributed by atoms with Crippen LogP contribution in [0, 0.1) is 0 Å². The van der Waals surface area contributed by atoms with E-state index in [2.05, 4.69) is 56.8 Å². The number of hydrogen-bond donors (Lipinski definition) is 2. The van der Waals surface area contributed by atoms with Crippen LogP contribution in [-0.2, 0) is 15.0 Å². The van der Waals surface area contributed by atoms with Crippen LogP contribution in [0.3, 0.4) is 0 Å². The lowest BCUT2D eigenvalue weighted by Crippen LogP contribution is -2.54. The Hall–Kier alpha value is -6.44. The number of ether oxygens (including phenoxy) is 2. The SMILES string of the molecule is CC(C)(c1ccc(Oc2cnc(-n3nccn3)nc2)cc1)c1ccc(OC2CC(Nc3ccc4c(c3)C(=O)N(C3CCC(=O)NC3=O)C4=O)C2)cc1. The molecule has 4 amide bonds. The second-order valence-electron chi connectivity index (χ2n) is 13.6. The van der Waals surface area contributed by atoms with Gasteiger partial charge in [-0.1, -0.05) is 38.1 Å². The minimum Gasteiger partial charge on any atom is -0.490 e. The number of nitrogens with one attached hydrogen (secondary N) is 2. The number of anilines is 1. The molecule has 3 aliphatic rings. The molecular weight excluding hydrogens is 664 g/mol. The summed E-state index contributed by atoms with van der Waals surface area (Å²) in [6.45, 7) is 4.34. The van der Waals surface area contributed by atoms with Gasteiger partial charge in [-0.2, -0.15) is 10.2 Å². The average Bonchev–Trinajstić information content (AvgIpc) is 3.75. The van der Waals surface area contributed by atoms with Crippen molar-refractivity contribution in [3.63, 3.8) is 0 Å². The van der Waals surface area contributed by atoms with Gasteiger partial charge in [0.15, 0.2) is 5.75 Å². The molecule has 1 aliphatic carbocycles. The highest BCUT2D eigenvalue weighted by Gasteiger charge is 2.45. The monoisotopic (exact) mass is 698 g/mol. The highest BCUT2D eigenvalue weighted by Crippen LogP contribution is 2.36. The highest BCUT2D eigenvalue weighted by molar-refractivity contribution is 6.23. The molecule has 0 radical (unpaired) electrons. The Kier molecular flexibility index (Phi) is 8.20. The van der Waals surface area contributed by atoms with Gasteiger partial charge in [0.25, 0.3) is 17.8 Å². The maximum Gasteiger partial charge on any atom is 0.268 e. The van der Waals surface area contributed by atoms with E-state index in [1.54, 1.807) is 43.0 Å². The summed E-state index contributed by atoms with van der Waals surface area (Å²) in [5, 5.41) is 13.7. The standard InChI is InChI=1S/C38H34N8O6/c1-38(2,23-5-10-27(11-6-23)52-29-20-39-37(40-21-29)46-41-15-16-42-46)22-3-8-26(9-4-22)51-28-17-25(18-28)43-24-7-12-30-31(19-24)36(50)45(35(30)49)32-13-14-33(47)44-34(32)48/h3-12,15-16,19-21,25,28,32,43H,13-14,17-18H2,1-2H3,(H,44,47,48). The molecule has 4 heterocycles. The lowest BCUT2D eigenvalue weighted by Gasteiger charge is -2.36. The lowest BCUT2D eigenvalue weighted by atomic mass is 9.78. The van der Waals surface area contributed by atoms with E-state index < -0.39 is 29.7 Å². The first-order valence-electron chi connectivity index (χ1n) is 17.0. The van der Waals surface area contributed by atoms with Crippen molar-refractivity contribution in [1.29, 1.82) is 0 Å². The number of piperidine rings is 1. The Bertz CT molecular complexity index is 2160. The third kappa shape index (κ3) is 6.23. The number of rotatable bonds is 10. The van der Waals surface area contributed by atoms with Crippen molar-refractivity contribution in [2.24, 2.45) is 0 Å². The second-order valence-corrected chi connectivity index (χ2v) is 13.6. The number of imide groups is 2. The number of hydrogen-bond acceptors (Lipinski definition) is 11. The molecule has 1 unspecified atom stereocenters. The van der Waals surface area contributed by atoms with Gasteiger partial charge >= 0.3 is 0 Å². The number of nitrogens with zero attached hydrogens (tertiary/aromatic N) is 6. The number of amides is 4. The molecule has 14 nitrogen and oxygen atoms in total. The number of aromatic nitrogens is 5.